The number of hydrogen-bond acceptors (Lipinski definition) is 7. The van der Waals surface area contributed by atoms with Crippen LogP contribution in [0.1, 0.15) is 16.5 Å². The first-order chi connectivity index (χ1) is 14.6. The minimum absolute atomic E-state index is 0.383. The lowest BCUT2D eigenvalue weighted by molar-refractivity contribution is 0.385. The van der Waals surface area contributed by atoms with Crippen molar-refractivity contribution in [3.63, 3.8) is 0 Å². The van der Waals surface area contributed by atoms with Crippen LogP contribution in [0.4, 0.5) is 0 Å². The summed E-state index contributed by atoms with van der Waals surface area (Å²) in [5, 5.41) is 7.97. The van der Waals surface area contributed by atoms with Crippen molar-refractivity contribution in [2.75, 3.05) is 0 Å². The topological polar surface area (TPSA) is 82.0 Å². The summed E-state index contributed by atoms with van der Waals surface area (Å²) in [6, 6.07) is 14.7. The van der Waals surface area contributed by atoms with Crippen molar-refractivity contribution in [2.45, 2.75) is 13.3 Å². The lowest BCUT2D eigenvalue weighted by Gasteiger charge is -2.00. The maximum Gasteiger partial charge on any atom is 0.345 e. The highest BCUT2D eigenvalue weighted by Gasteiger charge is 2.15. The van der Waals surface area contributed by atoms with Crippen molar-refractivity contribution >= 4 is 33.9 Å². The number of aromatic nitrogens is 3. The van der Waals surface area contributed by atoms with Crippen molar-refractivity contribution < 1.29 is 8.94 Å². The van der Waals surface area contributed by atoms with E-state index in [4.69, 9.17) is 20.5 Å². The summed E-state index contributed by atoms with van der Waals surface area (Å²) in [5.74, 6) is 1.01. The van der Waals surface area contributed by atoms with Gasteiger partial charge in [0.2, 0.25) is 11.7 Å². The zero-order chi connectivity index (χ0) is 20.7. The van der Waals surface area contributed by atoms with Gasteiger partial charge in [0.25, 0.3) is 0 Å². The molecule has 0 aliphatic rings. The predicted molar refractivity (Wildman–Crippen MR) is 116 cm³/mol. The number of benzene rings is 2. The van der Waals surface area contributed by atoms with E-state index in [1.54, 1.807) is 24.3 Å². The number of hydrogen-bond donors (Lipinski definition) is 0. The Balaban J connectivity index is 1.43. The van der Waals surface area contributed by atoms with E-state index in [2.05, 4.69) is 15.1 Å². The van der Waals surface area contributed by atoms with E-state index in [0.29, 0.717) is 40.0 Å². The molecular formula is C22H14ClN3O3S. The monoisotopic (exact) mass is 435 g/mol. The van der Waals surface area contributed by atoms with Crippen LogP contribution in [0, 0.1) is 6.92 Å². The molecule has 0 amide bonds. The van der Waals surface area contributed by atoms with Crippen LogP contribution in [0.25, 0.3) is 33.6 Å². The molecule has 0 saturated carbocycles. The maximum absolute atomic E-state index is 12.4. The third-order valence-electron chi connectivity index (χ3n) is 4.68. The molecule has 0 fully saturated rings. The van der Waals surface area contributed by atoms with Crippen molar-refractivity contribution in [1.82, 2.24) is 15.1 Å². The molecule has 0 bridgehead atoms. The first-order valence-electron chi connectivity index (χ1n) is 9.13. The molecule has 148 valence electrons. The maximum atomic E-state index is 12.4. The molecule has 5 aromatic rings. The van der Waals surface area contributed by atoms with E-state index in [1.165, 1.54) is 11.3 Å². The van der Waals surface area contributed by atoms with E-state index < -0.39 is 5.63 Å². The second-order valence-electron chi connectivity index (χ2n) is 6.76. The molecule has 6 nitrogen and oxygen atoms in total. The fourth-order valence-corrected chi connectivity index (χ4v) is 4.14. The number of rotatable bonds is 4. The molecule has 0 radical (unpaired) electrons. The normalized spacial score (nSPS) is 11.3. The minimum atomic E-state index is -0.443. The van der Waals surface area contributed by atoms with E-state index in [-0.39, 0.29) is 0 Å². The summed E-state index contributed by atoms with van der Waals surface area (Å²) in [6.45, 7) is 2.00. The molecule has 0 atom stereocenters. The highest BCUT2D eigenvalue weighted by atomic mass is 35.5. The molecule has 3 aromatic heterocycles. The summed E-state index contributed by atoms with van der Waals surface area (Å²) in [4.78, 5) is 21.4. The molecule has 3 heterocycles. The Morgan fingerprint density at radius 3 is 2.80 bits per heavy atom. The molecule has 0 N–H and O–H groups in total. The Kier molecular flexibility index (Phi) is 4.69. The van der Waals surface area contributed by atoms with Crippen LogP contribution in [-0.4, -0.2) is 15.1 Å². The molecule has 30 heavy (non-hydrogen) atoms. The fraction of sp³-hybridized carbons (Fsp3) is 0.0909. The first-order valence-corrected chi connectivity index (χ1v) is 10.4. The quantitative estimate of drug-likeness (QED) is 0.346. The van der Waals surface area contributed by atoms with E-state index in [0.717, 1.165) is 21.5 Å². The van der Waals surface area contributed by atoms with Crippen molar-refractivity contribution in [1.29, 1.82) is 0 Å². The Bertz CT molecular complexity index is 1440. The SMILES string of the molecule is Cc1ccccc1-c1noc(Cc2nc(-c3cc4cc(Cl)ccc4oc3=O)cs2)n1. The van der Waals surface area contributed by atoms with Gasteiger partial charge in [-0.2, -0.15) is 4.98 Å². The van der Waals surface area contributed by atoms with Gasteiger partial charge in [0, 0.05) is 21.4 Å². The largest absolute Gasteiger partial charge is 0.422 e. The van der Waals surface area contributed by atoms with Crippen LogP contribution in [0.15, 0.2) is 67.6 Å². The summed E-state index contributed by atoms with van der Waals surface area (Å²) in [5.41, 5.74) is 2.98. The van der Waals surface area contributed by atoms with Gasteiger partial charge in [-0.15, -0.1) is 11.3 Å². The average molecular weight is 436 g/mol. The molecule has 5 rings (SSSR count). The van der Waals surface area contributed by atoms with Gasteiger partial charge in [-0.1, -0.05) is 41.0 Å². The highest BCUT2D eigenvalue weighted by Crippen LogP contribution is 2.26. The lowest BCUT2D eigenvalue weighted by atomic mass is 10.1. The van der Waals surface area contributed by atoms with Crippen molar-refractivity contribution in [2.24, 2.45) is 0 Å². The smallest absolute Gasteiger partial charge is 0.345 e. The van der Waals surface area contributed by atoms with Crippen LogP contribution < -0.4 is 5.63 Å². The second-order valence-corrected chi connectivity index (χ2v) is 8.14. The highest BCUT2D eigenvalue weighted by molar-refractivity contribution is 7.10. The van der Waals surface area contributed by atoms with E-state index in [9.17, 15) is 4.79 Å². The Morgan fingerprint density at radius 1 is 1.07 bits per heavy atom. The molecule has 0 unspecified atom stereocenters. The predicted octanol–water partition coefficient (Wildman–Crippen LogP) is 5.52. The van der Waals surface area contributed by atoms with Gasteiger partial charge >= 0.3 is 5.63 Å². The zero-order valence-corrected chi connectivity index (χ0v) is 17.3. The summed E-state index contributed by atoms with van der Waals surface area (Å²) in [6.07, 6.45) is 0.383. The van der Waals surface area contributed by atoms with Crippen molar-refractivity contribution in [3.8, 4) is 22.6 Å². The van der Waals surface area contributed by atoms with Gasteiger partial charge < -0.3 is 8.94 Å². The van der Waals surface area contributed by atoms with Gasteiger partial charge in [0.1, 0.15) is 10.6 Å². The van der Waals surface area contributed by atoms with E-state index in [1.807, 2.05) is 36.6 Å². The standard InChI is InChI=1S/C22H14ClN3O3S/c1-12-4-2-3-5-15(12)21-25-19(29-26-21)10-20-24-17(11-30-20)16-9-13-8-14(23)6-7-18(13)28-22(16)27/h2-9,11H,10H2,1H3. The minimum Gasteiger partial charge on any atom is -0.422 e. The zero-order valence-electron chi connectivity index (χ0n) is 15.8. The van der Waals surface area contributed by atoms with Crippen LogP contribution >= 0.6 is 22.9 Å². The summed E-state index contributed by atoms with van der Waals surface area (Å²) in [7, 11) is 0. The third kappa shape index (κ3) is 3.53. The molecule has 2 aromatic carbocycles. The van der Waals surface area contributed by atoms with E-state index >= 15 is 0 Å². The average Bonchev–Trinajstić information content (AvgIpc) is 3.38. The van der Waals surface area contributed by atoms with Gasteiger partial charge in [0.15, 0.2) is 0 Å². The van der Waals surface area contributed by atoms with Crippen LogP contribution in [0.5, 0.6) is 0 Å². The number of thiazole rings is 1. The van der Waals surface area contributed by atoms with Gasteiger partial charge in [-0.25, -0.2) is 9.78 Å². The summed E-state index contributed by atoms with van der Waals surface area (Å²) >= 11 is 7.47. The summed E-state index contributed by atoms with van der Waals surface area (Å²) < 4.78 is 10.8. The van der Waals surface area contributed by atoms with Gasteiger partial charge in [-0.3, -0.25) is 0 Å². The Hall–Kier alpha value is -3.29. The Labute approximate surface area is 179 Å². The molecule has 0 aliphatic heterocycles. The number of nitrogens with zero attached hydrogens (tertiary/aromatic N) is 3. The van der Waals surface area contributed by atoms with Crippen LogP contribution in [0.2, 0.25) is 5.02 Å². The third-order valence-corrected chi connectivity index (χ3v) is 5.76. The van der Waals surface area contributed by atoms with Crippen molar-refractivity contribution in [3.05, 3.63) is 85.8 Å². The molecule has 0 saturated heterocycles. The second kappa shape index (κ2) is 7.51. The van der Waals surface area contributed by atoms with Crippen LogP contribution in [0.3, 0.4) is 0 Å². The first kappa shape index (κ1) is 18.7. The molecule has 8 heteroatoms. The molecular weight excluding hydrogens is 422 g/mol. The number of halogens is 1. The van der Waals surface area contributed by atoms with Crippen LogP contribution in [-0.2, 0) is 6.42 Å². The molecule has 0 spiro atoms. The Morgan fingerprint density at radius 2 is 1.93 bits per heavy atom. The van der Waals surface area contributed by atoms with Gasteiger partial charge in [0.05, 0.1) is 17.7 Å². The fourth-order valence-electron chi connectivity index (χ4n) is 3.18. The number of aryl methyl sites for hydroxylation is 1. The molecule has 0 aliphatic carbocycles. The van der Waals surface area contributed by atoms with Gasteiger partial charge in [-0.05, 0) is 36.8 Å². The lowest BCUT2D eigenvalue weighted by Crippen LogP contribution is -2.03. The number of fused-ring (bicyclic) bond motifs is 1.